The molecule has 1 aromatic rings. The van der Waals surface area contributed by atoms with Crippen LogP contribution in [-0.4, -0.2) is 13.1 Å². The zero-order valence-electron chi connectivity index (χ0n) is 11.0. The van der Waals surface area contributed by atoms with E-state index >= 15 is 0 Å². The Morgan fingerprint density at radius 1 is 1.44 bits per heavy atom. The lowest BCUT2D eigenvalue weighted by Crippen LogP contribution is -2.40. The lowest BCUT2D eigenvalue weighted by Gasteiger charge is -2.43. The van der Waals surface area contributed by atoms with Crippen LogP contribution in [0.4, 0.5) is 0 Å². The van der Waals surface area contributed by atoms with Gasteiger partial charge in [-0.2, -0.15) is 0 Å². The molecule has 3 rings (SSSR count). The van der Waals surface area contributed by atoms with Gasteiger partial charge in [0.25, 0.3) is 0 Å². The van der Waals surface area contributed by atoms with Crippen LogP contribution in [0.15, 0.2) is 16.7 Å². The van der Waals surface area contributed by atoms with E-state index in [1.165, 1.54) is 26.4 Å². The van der Waals surface area contributed by atoms with Gasteiger partial charge in [-0.25, -0.2) is 0 Å². The molecular formula is C15H20O3. The van der Waals surface area contributed by atoms with Crippen molar-refractivity contribution in [3.05, 3.63) is 23.7 Å². The fourth-order valence-electron chi connectivity index (χ4n) is 4.04. The average Bonchev–Trinajstić information content (AvgIpc) is 2.83. The van der Waals surface area contributed by atoms with Gasteiger partial charge in [0.15, 0.2) is 0 Å². The Balaban J connectivity index is 2.03. The van der Waals surface area contributed by atoms with Crippen molar-refractivity contribution in [1.29, 1.82) is 0 Å². The Morgan fingerprint density at radius 3 is 3.06 bits per heavy atom. The normalized spacial score (nSPS) is 34.6. The highest BCUT2D eigenvalue weighted by atomic mass is 16.5. The highest BCUT2D eigenvalue weighted by Gasteiger charge is 2.46. The summed E-state index contributed by atoms with van der Waals surface area (Å²) in [5.74, 6) is 2.39. The number of hydrogen-bond donors (Lipinski definition) is 0. The number of methoxy groups -OCH3 is 1. The smallest absolute Gasteiger partial charge is 0.313 e. The minimum atomic E-state index is -0.113. The van der Waals surface area contributed by atoms with Gasteiger partial charge in [0.2, 0.25) is 0 Å². The van der Waals surface area contributed by atoms with Crippen LogP contribution in [0.2, 0.25) is 0 Å². The van der Waals surface area contributed by atoms with E-state index in [9.17, 15) is 4.79 Å². The van der Waals surface area contributed by atoms with Crippen LogP contribution in [0.25, 0.3) is 0 Å². The number of rotatable bonds is 1. The molecule has 0 spiro atoms. The number of esters is 1. The average molecular weight is 248 g/mol. The Kier molecular flexibility index (Phi) is 2.92. The first-order valence-electron chi connectivity index (χ1n) is 6.86. The maximum absolute atomic E-state index is 12.2. The first-order chi connectivity index (χ1) is 8.72. The van der Waals surface area contributed by atoms with Crippen LogP contribution in [0, 0.1) is 17.8 Å². The van der Waals surface area contributed by atoms with E-state index in [1.807, 2.05) is 6.07 Å². The molecule has 1 aromatic heterocycles. The molecule has 0 aromatic carbocycles. The van der Waals surface area contributed by atoms with E-state index < -0.39 is 0 Å². The third kappa shape index (κ3) is 1.68. The van der Waals surface area contributed by atoms with Crippen molar-refractivity contribution in [3.63, 3.8) is 0 Å². The molecule has 0 N–H and O–H groups in total. The van der Waals surface area contributed by atoms with Gasteiger partial charge in [-0.05, 0) is 30.2 Å². The number of furan rings is 1. The molecule has 1 saturated carbocycles. The summed E-state index contributed by atoms with van der Waals surface area (Å²) in [6.07, 6.45) is 6.41. The molecule has 3 nitrogen and oxygen atoms in total. The van der Waals surface area contributed by atoms with Crippen molar-refractivity contribution in [1.82, 2.24) is 0 Å². The number of hydrogen-bond acceptors (Lipinski definition) is 3. The van der Waals surface area contributed by atoms with Gasteiger partial charge in [-0.1, -0.05) is 19.8 Å². The third-order valence-corrected chi connectivity index (χ3v) is 4.84. The number of carbonyl (C=O) groups is 1. The molecule has 0 radical (unpaired) electrons. The Hall–Kier alpha value is -1.25. The molecule has 1 heterocycles. The van der Waals surface area contributed by atoms with Crippen LogP contribution < -0.4 is 0 Å². The molecule has 1 fully saturated rings. The molecule has 18 heavy (non-hydrogen) atoms. The van der Waals surface area contributed by atoms with Gasteiger partial charge in [0.1, 0.15) is 5.76 Å². The largest absolute Gasteiger partial charge is 0.469 e. The molecule has 4 atom stereocenters. The summed E-state index contributed by atoms with van der Waals surface area (Å²) in [4.78, 5) is 12.2. The van der Waals surface area contributed by atoms with E-state index in [4.69, 9.17) is 9.15 Å². The van der Waals surface area contributed by atoms with E-state index in [0.717, 1.165) is 17.7 Å². The molecule has 0 unspecified atom stereocenters. The number of ether oxygens (including phenoxy) is 1. The SMILES string of the molecule is COC(=O)[C@@H]1c2ccoc2C[C@@H]2CCC[C@@H](C)[C@H]21. The quantitative estimate of drug-likeness (QED) is 0.717. The van der Waals surface area contributed by atoms with E-state index in [-0.39, 0.29) is 11.9 Å². The van der Waals surface area contributed by atoms with Crippen molar-refractivity contribution in [2.45, 2.75) is 38.5 Å². The van der Waals surface area contributed by atoms with Gasteiger partial charge in [0.05, 0.1) is 19.3 Å². The Morgan fingerprint density at radius 2 is 2.28 bits per heavy atom. The summed E-state index contributed by atoms with van der Waals surface area (Å²) in [5.41, 5.74) is 1.07. The molecule has 98 valence electrons. The highest BCUT2D eigenvalue weighted by Crippen LogP contribution is 2.49. The second-order valence-corrected chi connectivity index (χ2v) is 5.75. The van der Waals surface area contributed by atoms with Crippen LogP contribution in [-0.2, 0) is 16.0 Å². The van der Waals surface area contributed by atoms with E-state index in [1.54, 1.807) is 6.26 Å². The molecule has 2 aliphatic rings. The molecular weight excluding hydrogens is 228 g/mol. The zero-order valence-corrected chi connectivity index (χ0v) is 11.0. The molecule has 3 heteroatoms. The fraction of sp³-hybridized carbons (Fsp3) is 0.667. The van der Waals surface area contributed by atoms with E-state index in [2.05, 4.69) is 6.92 Å². The minimum Gasteiger partial charge on any atom is -0.469 e. The lowest BCUT2D eigenvalue weighted by molar-refractivity contribution is -0.146. The van der Waals surface area contributed by atoms with Gasteiger partial charge in [-0.3, -0.25) is 4.79 Å². The van der Waals surface area contributed by atoms with Crippen LogP contribution >= 0.6 is 0 Å². The van der Waals surface area contributed by atoms with E-state index in [0.29, 0.717) is 17.8 Å². The molecule has 2 aliphatic carbocycles. The maximum Gasteiger partial charge on any atom is 0.313 e. The fourth-order valence-corrected chi connectivity index (χ4v) is 4.04. The standard InChI is InChI=1S/C15H20O3/c1-9-4-3-5-10-8-12-11(6-7-18-12)14(13(9)10)15(16)17-2/h6-7,9-10,13-14H,3-5,8H2,1-2H3/t9-,10+,13-,14-/m1/s1. The molecule has 0 amide bonds. The second-order valence-electron chi connectivity index (χ2n) is 5.75. The summed E-state index contributed by atoms with van der Waals surface area (Å²) >= 11 is 0. The predicted octanol–water partition coefficient (Wildman–Crippen LogP) is 3.14. The lowest BCUT2D eigenvalue weighted by atomic mass is 9.61. The molecule has 0 saturated heterocycles. The van der Waals surface area contributed by atoms with Crippen molar-refractivity contribution >= 4 is 5.97 Å². The van der Waals surface area contributed by atoms with Crippen LogP contribution in [0.3, 0.4) is 0 Å². The first kappa shape index (κ1) is 11.8. The van der Waals surface area contributed by atoms with Crippen molar-refractivity contribution < 1.29 is 13.9 Å². The Bertz CT molecular complexity index is 448. The van der Waals surface area contributed by atoms with Crippen molar-refractivity contribution in [2.75, 3.05) is 7.11 Å². The summed E-state index contributed by atoms with van der Waals surface area (Å²) < 4.78 is 10.6. The Labute approximate surface area is 108 Å². The van der Waals surface area contributed by atoms with Crippen LogP contribution in [0.1, 0.15) is 43.4 Å². The minimum absolute atomic E-state index is 0.0962. The molecule has 0 aliphatic heterocycles. The van der Waals surface area contributed by atoms with Gasteiger partial charge in [-0.15, -0.1) is 0 Å². The second kappa shape index (κ2) is 4.45. The topological polar surface area (TPSA) is 39.4 Å². The first-order valence-corrected chi connectivity index (χ1v) is 6.86. The number of fused-ring (bicyclic) bond motifs is 2. The summed E-state index contributed by atoms with van der Waals surface area (Å²) in [6.45, 7) is 2.28. The van der Waals surface area contributed by atoms with Crippen LogP contribution in [0.5, 0.6) is 0 Å². The number of carbonyl (C=O) groups excluding carboxylic acids is 1. The zero-order chi connectivity index (χ0) is 12.7. The van der Waals surface area contributed by atoms with Gasteiger partial charge in [0, 0.05) is 12.0 Å². The maximum atomic E-state index is 12.2. The van der Waals surface area contributed by atoms with Gasteiger partial charge < -0.3 is 9.15 Å². The predicted molar refractivity (Wildman–Crippen MR) is 67.2 cm³/mol. The monoisotopic (exact) mass is 248 g/mol. The summed E-state index contributed by atoms with van der Waals surface area (Å²) in [7, 11) is 1.49. The molecule has 0 bridgehead atoms. The van der Waals surface area contributed by atoms with Crippen molar-refractivity contribution in [2.24, 2.45) is 17.8 Å². The third-order valence-electron chi connectivity index (χ3n) is 4.84. The highest BCUT2D eigenvalue weighted by molar-refractivity contribution is 5.79. The summed E-state index contributed by atoms with van der Waals surface area (Å²) in [5, 5.41) is 0. The summed E-state index contributed by atoms with van der Waals surface area (Å²) in [6, 6.07) is 1.95. The van der Waals surface area contributed by atoms with Crippen molar-refractivity contribution in [3.8, 4) is 0 Å². The van der Waals surface area contributed by atoms with Gasteiger partial charge >= 0.3 is 5.97 Å².